The first-order valence-electron chi connectivity index (χ1n) is 6.94. The third-order valence-corrected chi connectivity index (χ3v) is 3.64. The minimum absolute atomic E-state index is 0.0621. The lowest BCUT2D eigenvalue weighted by Crippen LogP contribution is -2.03. The van der Waals surface area contributed by atoms with Crippen LogP contribution in [0.3, 0.4) is 0 Å². The van der Waals surface area contributed by atoms with Crippen LogP contribution in [0.15, 0.2) is 30.3 Å². The van der Waals surface area contributed by atoms with Crippen LogP contribution < -0.4 is 4.74 Å². The molecule has 0 unspecified atom stereocenters. The number of hydrogen-bond acceptors (Lipinski definition) is 4. The highest BCUT2D eigenvalue weighted by atomic mass is 19.1. The summed E-state index contributed by atoms with van der Waals surface area (Å²) >= 11 is 0. The van der Waals surface area contributed by atoms with Gasteiger partial charge in [-0.05, 0) is 32.1 Å². The van der Waals surface area contributed by atoms with Gasteiger partial charge in [-0.25, -0.2) is 4.39 Å². The van der Waals surface area contributed by atoms with Crippen molar-refractivity contribution in [1.82, 2.24) is 0 Å². The number of ether oxygens (including phenoxy) is 1. The molecule has 2 rings (SSSR count). The molecule has 0 amide bonds. The minimum atomic E-state index is -0.547. The highest BCUT2D eigenvalue weighted by Gasteiger charge is 2.23. The first kappa shape index (κ1) is 16.5. The van der Waals surface area contributed by atoms with Gasteiger partial charge in [-0.15, -0.1) is 0 Å². The standard InChI is InChI=1S/C18H17FO4/c1-10-16(21)11(2)18(23-3)15(17(10)22)14(20)9-8-12-6-4-5-7-13(12)19/h4-9,21-22H,1-3H3. The number of hydrogen-bond donors (Lipinski definition) is 2. The first-order valence-corrected chi connectivity index (χ1v) is 6.94. The molecule has 5 heteroatoms. The summed E-state index contributed by atoms with van der Waals surface area (Å²) in [4.78, 5) is 12.4. The van der Waals surface area contributed by atoms with Gasteiger partial charge in [0.2, 0.25) is 0 Å². The van der Waals surface area contributed by atoms with Crippen molar-refractivity contribution >= 4 is 11.9 Å². The summed E-state index contributed by atoms with van der Waals surface area (Å²) < 4.78 is 18.7. The molecule has 0 aliphatic heterocycles. The fourth-order valence-electron chi connectivity index (χ4n) is 2.33. The quantitative estimate of drug-likeness (QED) is 0.666. The summed E-state index contributed by atoms with van der Waals surface area (Å²) in [5.74, 6) is -1.39. The average molecular weight is 316 g/mol. The molecule has 0 radical (unpaired) electrons. The molecule has 4 nitrogen and oxygen atoms in total. The molecule has 0 heterocycles. The number of halogens is 1. The van der Waals surface area contributed by atoms with Gasteiger partial charge < -0.3 is 14.9 Å². The normalized spacial score (nSPS) is 11.0. The van der Waals surface area contributed by atoms with Gasteiger partial charge in [-0.2, -0.15) is 0 Å². The summed E-state index contributed by atoms with van der Waals surface area (Å²) in [6, 6.07) is 6.02. The van der Waals surface area contributed by atoms with Crippen LogP contribution in [0, 0.1) is 19.7 Å². The highest BCUT2D eigenvalue weighted by molar-refractivity contribution is 6.11. The maximum absolute atomic E-state index is 13.6. The molecule has 0 atom stereocenters. The van der Waals surface area contributed by atoms with Crippen LogP contribution in [-0.4, -0.2) is 23.1 Å². The smallest absolute Gasteiger partial charge is 0.193 e. The molecule has 2 N–H and O–H groups in total. The van der Waals surface area contributed by atoms with E-state index in [1.165, 1.54) is 32.2 Å². The van der Waals surface area contributed by atoms with E-state index in [1.54, 1.807) is 19.1 Å². The van der Waals surface area contributed by atoms with Crippen molar-refractivity contribution in [2.45, 2.75) is 13.8 Å². The van der Waals surface area contributed by atoms with E-state index in [9.17, 15) is 19.4 Å². The Kier molecular flexibility index (Phi) is 4.69. The molecule has 0 aliphatic rings. The summed E-state index contributed by atoms with van der Waals surface area (Å²) in [6.45, 7) is 3.08. The Morgan fingerprint density at radius 2 is 1.78 bits per heavy atom. The molecular weight excluding hydrogens is 299 g/mol. The number of methoxy groups -OCH3 is 1. The number of phenolic OH excluding ortho intramolecular Hbond substituents is 2. The summed E-state index contributed by atoms with van der Waals surface area (Å²) in [7, 11) is 1.34. The Bertz CT molecular complexity index is 794. The van der Waals surface area contributed by atoms with Crippen molar-refractivity contribution < 1.29 is 24.1 Å². The fraction of sp³-hybridized carbons (Fsp3) is 0.167. The zero-order chi connectivity index (χ0) is 17.1. The van der Waals surface area contributed by atoms with Crippen LogP contribution in [0.5, 0.6) is 17.2 Å². The largest absolute Gasteiger partial charge is 0.507 e. The van der Waals surface area contributed by atoms with Crippen molar-refractivity contribution in [3.8, 4) is 17.2 Å². The molecule has 0 bridgehead atoms. The Morgan fingerprint density at radius 1 is 1.13 bits per heavy atom. The lowest BCUT2D eigenvalue weighted by molar-refractivity contribution is 0.104. The van der Waals surface area contributed by atoms with E-state index < -0.39 is 11.6 Å². The van der Waals surface area contributed by atoms with Crippen LogP contribution in [0.25, 0.3) is 6.08 Å². The van der Waals surface area contributed by atoms with E-state index in [0.717, 1.165) is 6.08 Å². The molecule has 0 aliphatic carbocycles. The molecule has 23 heavy (non-hydrogen) atoms. The second-order valence-electron chi connectivity index (χ2n) is 5.07. The minimum Gasteiger partial charge on any atom is -0.507 e. The van der Waals surface area contributed by atoms with E-state index in [2.05, 4.69) is 0 Å². The third kappa shape index (κ3) is 3.04. The molecule has 0 spiro atoms. The van der Waals surface area contributed by atoms with E-state index in [4.69, 9.17) is 4.74 Å². The van der Waals surface area contributed by atoms with Gasteiger partial charge in [0.25, 0.3) is 0 Å². The monoisotopic (exact) mass is 316 g/mol. The Balaban J connectivity index is 2.50. The third-order valence-electron chi connectivity index (χ3n) is 3.64. The van der Waals surface area contributed by atoms with Gasteiger partial charge in [0.1, 0.15) is 28.6 Å². The van der Waals surface area contributed by atoms with E-state index in [1.807, 2.05) is 0 Å². The maximum atomic E-state index is 13.6. The molecule has 0 aromatic heterocycles. The topological polar surface area (TPSA) is 66.8 Å². The maximum Gasteiger partial charge on any atom is 0.193 e. The number of benzene rings is 2. The average Bonchev–Trinajstić information content (AvgIpc) is 2.55. The lowest BCUT2D eigenvalue weighted by atomic mass is 9.98. The van der Waals surface area contributed by atoms with Gasteiger partial charge in [0.15, 0.2) is 5.78 Å². The number of aromatic hydroxyl groups is 2. The van der Waals surface area contributed by atoms with Gasteiger partial charge in [0.05, 0.1) is 7.11 Å². The van der Waals surface area contributed by atoms with Gasteiger partial charge in [-0.1, -0.05) is 18.2 Å². The molecule has 2 aromatic rings. The summed E-state index contributed by atoms with van der Waals surface area (Å²) in [6.07, 6.45) is 2.49. The molecule has 120 valence electrons. The Morgan fingerprint density at radius 3 is 2.39 bits per heavy atom. The van der Waals surface area contributed by atoms with Crippen LogP contribution in [0.2, 0.25) is 0 Å². The van der Waals surface area contributed by atoms with Crippen LogP contribution >= 0.6 is 0 Å². The SMILES string of the molecule is COc1c(C)c(O)c(C)c(O)c1C(=O)C=Cc1ccccc1F. The Labute approximate surface area is 133 Å². The van der Waals surface area contributed by atoms with E-state index >= 15 is 0 Å². The van der Waals surface area contributed by atoms with Crippen LogP contribution in [-0.2, 0) is 0 Å². The van der Waals surface area contributed by atoms with Crippen molar-refractivity contribution in [3.05, 3.63) is 58.4 Å². The highest BCUT2D eigenvalue weighted by Crippen LogP contribution is 2.41. The number of ketones is 1. The predicted octanol–water partition coefficient (Wildman–Crippen LogP) is 3.76. The Hall–Kier alpha value is -2.82. The number of allylic oxidation sites excluding steroid dienone is 1. The zero-order valence-corrected chi connectivity index (χ0v) is 13.1. The molecule has 0 saturated carbocycles. The van der Waals surface area contributed by atoms with Crippen molar-refractivity contribution in [2.75, 3.05) is 7.11 Å². The molecule has 0 saturated heterocycles. The fourth-order valence-corrected chi connectivity index (χ4v) is 2.33. The van der Waals surface area contributed by atoms with Crippen molar-refractivity contribution in [3.63, 3.8) is 0 Å². The van der Waals surface area contributed by atoms with Gasteiger partial charge >= 0.3 is 0 Å². The number of rotatable bonds is 4. The van der Waals surface area contributed by atoms with Gasteiger partial charge in [0, 0.05) is 16.7 Å². The molecule has 2 aromatic carbocycles. The lowest BCUT2D eigenvalue weighted by Gasteiger charge is -2.15. The van der Waals surface area contributed by atoms with Crippen LogP contribution in [0.4, 0.5) is 4.39 Å². The predicted molar refractivity (Wildman–Crippen MR) is 85.6 cm³/mol. The van der Waals surface area contributed by atoms with E-state index in [0.29, 0.717) is 5.56 Å². The van der Waals surface area contributed by atoms with Crippen molar-refractivity contribution in [1.29, 1.82) is 0 Å². The summed E-state index contributed by atoms with van der Waals surface area (Å²) in [5.41, 5.74) is 0.732. The second-order valence-corrected chi connectivity index (χ2v) is 5.07. The van der Waals surface area contributed by atoms with E-state index in [-0.39, 0.29) is 33.9 Å². The molecular formula is C18H17FO4. The van der Waals surface area contributed by atoms with Crippen molar-refractivity contribution in [2.24, 2.45) is 0 Å². The number of carbonyl (C=O) groups is 1. The molecule has 0 fully saturated rings. The first-order chi connectivity index (χ1) is 10.9. The van der Waals surface area contributed by atoms with Gasteiger partial charge in [-0.3, -0.25) is 4.79 Å². The van der Waals surface area contributed by atoms with Crippen LogP contribution in [0.1, 0.15) is 27.0 Å². The number of carbonyl (C=O) groups excluding carboxylic acids is 1. The second kappa shape index (κ2) is 6.52. The summed E-state index contributed by atoms with van der Waals surface area (Å²) in [5, 5.41) is 20.1. The zero-order valence-electron chi connectivity index (χ0n) is 13.1. The number of phenols is 2.